The summed E-state index contributed by atoms with van der Waals surface area (Å²) in [6, 6.07) is 15.2. The summed E-state index contributed by atoms with van der Waals surface area (Å²) in [7, 11) is 0. The molecular weight excluding hydrogens is 397 g/mol. The third kappa shape index (κ3) is 4.43. The van der Waals surface area contributed by atoms with Crippen LogP contribution in [-0.2, 0) is 10.2 Å². The van der Waals surface area contributed by atoms with Crippen LogP contribution in [0.5, 0.6) is 0 Å². The first-order chi connectivity index (χ1) is 14.3. The van der Waals surface area contributed by atoms with E-state index in [-0.39, 0.29) is 17.1 Å². The zero-order valence-electron chi connectivity index (χ0n) is 17.6. The first-order valence-corrected chi connectivity index (χ1v) is 11.0. The highest BCUT2D eigenvalue weighted by Gasteiger charge is 2.29. The zero-order chi connectivity index (χ0) is 21.3. The summed E-state index contributed by atoms with van der Waals surface area (Å²) < 4.78 is 14.0. The van der Waals surface area contributed by atoms with Gasteiger partial charge in [-0.15, -0.1) is 0 Å². The number of hydrogen-bond acceptors (Lipinski definition) is 4. The number of amides is 1. The maximum Gasteiger partial charge on any atom is 0.286 e. The molecule has 2 aromatic rings. The molecule has 0 aliphatic carbocycles. The van der Waals surface area contributed by atoms with Gasteiger partial charge in [0, 0.05) is 26.2 Å². The molecule has 2 aliphatic heterocycles. The van der Waals surface area contributed by atoms with Crippen molar-refractivity contribution in [2.24, 2.45) is 4.99 Å². The van der Waals surface area contributed by atoms with E-state index in [4.69, 9.17) is 0 Å². The average molecular weight is 424 g/mol. The van der Waals surface area contributed by atoms with Crippen molar-refractivity contribution >= 4 is 34.6 Å². The lowest BCUT2D eigenvalue weighted by Gasteiger charge is -2.36. The highest BCUT2D eigenvalue weighted by Crippen LogP contribution is 2.32. The summed E-state index contributed by atoms with van der Waals surface area (Å²) in [5.74, 6) is -0.386. The number of benzene rings is 2. The predicted octanol–water partition coefficient (Wildman–Crippen LogP) is 4.92. The smallest absolute Gasteiger partial charge is 0.286 e. The van der Waals surface area contributed by atoms with Gasteiger partial charge in [-0.25, -0.2) is 4.39 Å². The molecule has 4 rings (SSSR count). The number of nitrogens with zero attached hydrogens (tertiary/aromatic N) is 3. The van der Waals surface area contributed by atoms with Crippen molar-refractivity contribution in [1.82, 2.24) is 4.90 Å². The lowest BCUT2D eigenvalue weighted by Crippen LogP contribution is -2.48. The summed E-state index contributed by atoms with van der Waals surface area (Å²) in [4.78, 5) is 21.5. The molecule has 0 saturated carbocycles. The van der Waals surface area contributed by atoms with Crippen molar-refractivity contribution in [1.29, 1.82) is 0 Å². The molecule has 0 aromatic heterocycles. The fourth-order valence-electron chi connectivity index (χ4n) is 3.61. The van der Waals surface area contributed by atoms with Crippen LogP contribution in [-0.4, -0.2) is 42.2 Å². The second-order valence-corrected chi connectivity index (χ2v) is 9.62. The van der Waals surface area contributed by atoms with Gasteiger partial charge < -0.3 is 9.80 Å². The Labute approximate surface area is 181 Å². The number of anilines is 1. The van der Waals surface area contributed by atoms with Crippen LogP contribution in [0, 0.1) is 5.82 Å². The maximum absolute atomic E-state index is 14.0. The minimum atomic E-state index is -0.198. The molecule has 0 spiro atoms. The fraction of sp³-hybridized carbons (Fsp3) is 0.333. The molecule has 4 nitrogen and oxygen atoms in total. The van der Waals surface area contributed by atoms with Crippen molar-refractivity contribution in [3.05, 3.63) is 70.4 Å². The second-order valence-electron chi connectivity index (χ2n) is 8.61. The Bertz CT molecular complexity index is 1000. The molecular formula is C24H26FN3OS. The van der Waals surface area contributed by atoms with Crippen LogP contribution in [0.2, 0.25) is 0 Å². The van der Waals surface area contributed by atoms with Gasteiger partial charge in [-0.05, 0) is 46.5 Å². The molecule has 1 amide bonds. The fourth-order valence-corrected chi connectivity index (χ4v) is 4.58. The highest BCUT2D eigenvalue weighted by molar-refractivity contribution is 8.18. The molecule has 0 N–H and O–H groups in total. The first-order valence-electron chi connectivity index (χ1n) is 10.2. The number of carbonyl (C=O) groups is 1. The monoisotopic (exact) mass is 423 g/mol. The van der Waals surface area contributed by atoms with Crippen LogP contribution >= 0.6 is 11.8 Å². The van der Waals surface area contributed by atoms with Crippen LogP contribution in [0.25, 0.3) is 6.08 Å². The highest BCUT2D eigenvalue weighted by atomic mass is 32.2. The quantitative estimate of drug-likeness (QED) is 0.643. The van der Waals surface area contributed by atoms with E-state index in [1.54, 1.807) is 6.07 Å². The van der Waals surface area contributed by atoms with Gasteiger partial charge >= 0.3 is 0 Å². The van der Waals surface area contributed by atoms with E-state index >= 15 is 0 Å². The Morgan fingerprint density at radius 1 is 0.967 bits per heavy atom. The Morgan fingerprint density at radius 3 is 2.23 bits per heavy atom. The summed E-state index contributed by atoms with van der Waals surface area (Å²) in [5, 5.41) is 0.741. The Morgan fingerprint density at radius 2 is 1.60 bits per heavy atom. The zero-order valence-corrected chi connectivity index (χ0v) is 18.4. The summed E-state index contributed by atoms with van der Waals surface area (Å²) in [6.07, 6.45) is 1.91. The molecule has 156 valence electrons. The third-order valence-electron chi connectivity index (χ3n) is 5.43. The molecule has 0 atom stereocenters. The summed E-state index contributed by atoms with van der Waals surface area (Å²) in [5.41, 5.74) is 3.00. The molecule has 2 heterocycles. The Balaban J connectivity index is 1.40. The lowest BCUT2D eigenvalue weighted by molar-refractivity contribution is -0.113. The van der Waals surface area contributed by atoms with Gasteiger partial charge in [0.05, 0.1) is 10.6 Å². The number of thioether (sulfide) groups is 1. The van der Waals surface area contributed by atoms with Crippen molar-refractivity contribution in [3.63, 3.8) is 0 Å². The average Bonchev–Trinajstić information content (AvgIpc) is 3.09. The number of rotatable bonds is 2. The van der Waals surface area contributed by atoms with Crippen LogP contribution in [0.4, 0.5) is 10.1 Å². The molecule has 0 bridgehead atoms. The number of halogens is 1. The predicted molar refractivity (Wildman–Crippen MR) is 123 cm³/mol. The van der Waals surface area contributed by atoms with Gasteiger partial charge in [0.1, 0.15) is 5.82 Å². The molecule has 2 aromatic carbocycles. The van der Waals surface area contributed by atoms with Gasteiger partial charge in [0.25, 0.3) is 5.91 Å². The second kappa shape index (κ2) is 8.26. The molecule has 0 radical (unpaired) electrons. The maximum atomic E-state index is 14.0. The molecule has 1 saturated heterocycles. The van der Waals surface area contributed by atoms with Crippen molar-refractivity contribution < 1.29 is 9.18 Å². The van der Waals surface area contributed by atoms with Gasteiger partial charge in [-0.2, -0.15) is 4.99 Å². The summed E-state index contributed by atoms with van der Waals surface area (Å²) in [6.45, 7) is 9.36. The summed E-state index contributed by atoms with van der Waals surface area (Å²) >= 11 is 1.42. The van der Waals surface area contributed by atoms with E-state index in [2.05, 4.69) is 42.8 Å². The van der Waals surface area contributed by atoms with E-state index in [1.807, 2.05) is 35.2 Å². The Kier molecular flexibility index (Phi) is 5.69. The molecule has 30 heavy (non-hydrogen) atoms. The van der Waals surface area contributed by atoms with Crippen LogP contribution in [0.1, 0.15) is 31.9 Å². The number of amidine groups is 1. The number of para-hydroxylation sites is 1. The number of aliphatic imine (C=N–C) groups is 1. The van der Waals surface area contributed by atoms with Gasteiger partial charge in [0.15, 0.2) is 5.17 Å². The van der Waals surface area contributed by atoms with Crippen LogP contribution in [0.3, 0.4) is 0 Å². The Hall–Kier alpha value is -2.60. The largest absolute Gasteiger partial charge is 0.366 e. The minimum absolute atomic E-state index is 0.102. The van der Waals surface area contributed by atoms with Gasteiger partial charge in [-0.3, -0.25) is 4.79 Å². The van der Waals surface area contributed by atoms with E-state index < -0.39 is 0 Å². The normalized spacial score (nSPS) is 18.9. The van der Waals surface area contributed by atoms with Crippen molar-refractivity contribution in [2.75, 3.05) is 31.1 Å². The molecule has 0 unspecified atom stereocenters. The van der Waals surface area contributed by atoms with Crippen molar-refractivity contribution in [2.45, 2.75) is 26.2 Å². The number of hydrogen-bond donors (Lipinski definition) is 0. The van der Waals surface area contributed by atoms with Crippen molar-refractivity contribution in [3.8, 4) is 0 Å². The lowest BCUT2D eigenvalue weighted by atomic mass is 9.87. The molecule has 1 fully saturated rings. The van der Waals surface area contributed by atoms with E-state index in [0.717, 1.165) is 10.7 Å². The topological polar surface area (TPSA) is 35.9 Å². The van der Waals surface area contributed by atoms with Crippen LogP contribution < -0.4 is 4.90 Å². The first kappa shape index (κ1) is 20.7. The minimum Gasteiger partial charge on any atom is -0.366 e. The van der Waals surface area contributed by atoms with E-state index in [9.17, 15) is 9.18 Å². The van der Waals surface area contributed by atoms with Gasteiger partial charge in [0.2, 0.25) is 0 Å². The van der Waals surface area contributed by atoms with Gasteiger partial charge in [-0.1, -0.05) is 57.2 Å². The number of piperazine rings is 1. The molecule has 6 heteroatoms. The standard InChI is InChI=1S/C24H26FN3OS/c1-24(2,3)18-10-8-17(9-11-18)16-21-22(29)26-23(30-21)28-14-12-27(13-15-28)20-7-5-4-6-19(20)25/h4-11,16H,12-15H2,1-3H3/b21-16-. The SMILES string of the molecule is CC(C)(C)c1ccc(/C=C2\SC(N3CCN(c4ccccc4F)CC3)=NC2=O)cc1. The molecule has 2 aliphatic rings. The third-order valence-corrected chi connectivity index (χ3v) is 6.47. The number of carbonyl (C=O) groups excluding carboxylic acids is 1. The van der Waals surface area contributed by atoms with E-state index in [0.29, 0.717) is 36.8 Å². The van der Waals surface area contributed by atoms with Crippen LogP contribution in [0.15, 0.2) is 58.4 Å². The van der Waals surface area contributed by atoms with E-state index in [1.165, 1.54) is 23.4 Å².